The number of nitrogens with one attached hydrogen (secondary N) is 2. The fourth-order valence-corrected chi connectivity index (χ4v) is 2.13. The van der Waals surface area contributed by atoms with E-state index in [9.17, 15) is 18.0 Å². The third kappa shape index (κ3) is 4.98. The van der Waals surface area contributed by atoms with Gasteiger partial charge in [0, 0.05) is 6.54 Å². The van der Waals surface area contributed by atoms with Crippen LogP contribution in [0.3, 0.4) is 0 Å². The molecule has 0 saturated heterocycles. The van der Waals surface area contributed by atoms with E-state index < -0.39 is 33.7 Å². The van der Waals surface area contributed by atoms with Gasteiger partial charge in [-0.15, -0.1) is 0 Å². The van der Waals surface area contributed by atoms with Gasteiger partial charge in [0.25, 0.3) is 0 Å². The molecule has 1 aromatic carbocycles. The van der Waals surface area contributed by atoms with Gasteiger partial charge in [-0.3, -0.25) is 9.59 Å². The number of carbonyl (C=O) groups excluding carboxylic acids is 1. The molecule has 0 heterocycles. The molecule has 0 radical (unpaired) electrons. The Morgan fingerprint density at radius 1 is 1.25 bits per heavy atom. The van der Waals surface area contributed by atoms with E-state index in [1.54, 1.807) is 0 Å². The second-order valence-electron chi connectivity index (χ2n) is 4.11. The predicted molar refractivity (Wildman–Crippen MR) is 72.3 cm³/mol. The first-order valence-electron chi connectivity index (χ1n) is 5.85. The number of hydrogen-bond acceptors (Lipinski definition) is 4. The van der Waals surface area contributed by atoms with Crippen LogP contribution in [0.5, 0.6) is 0 Å². The summed E-state index contributed by atoms with van der Waals surface area (Å²) < 4.78 is 24.9. The van der Waals surface area contributed by atoms with E-state index in [4.69, 9.17) is 5.11 Å². The summed E-state index contributed by atoms with van der Waals surface area (Å²) in [5.74, 6) is -2.00. The van der Waals surface area contributed by atoms with Crippen LogP contribution in [-0.2, 0) is 26.2 Å². The first kappa shape index (κ1) is 16.1. The number of benzene rings is 1. The van der Waals surface area contributed by atoms with Gasteiger partial charge in [0.2, 0.25) is 15.9 Å². The number of sulfonamides is 1. The van der Waals surface area contributed by atoms with E-state index in [2.05, 4.69) is 5.32 Å². The molecule has 110 valence electrons. The van der Waals surface area contributed by atoms with Crippen LogP contribution in [0.1, 0.15) is 12.5 Å². The van der Waals surface area contributed by atoms with Crippen LogP contribution in [0.25, 0.3) is 0 Å². The highest BCUT2D eigenvalue weighted by Crippen LogP contribution is 1.98. The molecule has 1 rings (SSSR count). The second-order valence-corrected chi connectivity index (χ2v) is 6.19. The van der Waals surface area contributed by atoms with Crippen molar-refractivity contribution in [1.29, 1.82) is 0 Å². The van der Waals surface area contributed by atoms with Gasteiger partial charge in [0.1, 0.15) is 0 Å². The lowest BCUT2D eigenvalue weighted by molar-refractivity contribution is -0.136. The van der Waals surface area contributed by atoms with Crippen molar-refractivity contribution in [3.63, 3.8) is 0 Å². The van der Waals surface area contributed by atoms with Gasteiger partial charge in [0.15, 0.2) is 5.25 Å². The molecule has 0 aliphatic heterocycles. The number of rotatable bonds is 7. The molecular weight excluding hydrogens is 284 g/mol. The van der Waals surface area contributed by atoms with Crippen LogP contribution in [0.15, 0.2) is 30.3 Å². The van der Waals surface area contributed by atoms with Crippen molar-refractivity contribution in [2.45, 2.75) is 18.7 Å². The molecule has 7 nitrogen and oxygen atoms in total. The Kier molecular flexibility index (Phi) is 5.66. The molecular formula is C12H16N2O5S. The summed E-state index contributed by atoms with van der Waals surface area (Å²) in [5, 5.41) is 9.53. The third-order valence-electron chi connectivity index (χ3n) is 2.58. The van der Waals surface area contributed by atoms with Crippen molar-refractivity contribution in [3.8, 4) is 0 Å². The molecule has 0 aliphatic rings. The number of amides is 1. The Hall–Kier alpha value is -1.93. The lowest BCUT2D eigenvalue weighted by Crippen LogP contribution is -2.42. The molecule has 20 heavy (non-hydrogen) atoms. The minimum Gasteiger partial charge on any atom is -0.480 e. The highest BCUT2D eigenvalue weighted by atomic mass is 32.2. The Balaban J connectivity index is 2.42. The Morgan fingerprint density at radius 3 is 2.40 bits per heavy atom. The van der Waals surface area contributed by atoms with Crippen molar-refractivity contribution in [2.24, 2.45) is 0 Å². The van der Waals surface area contributed by atoms with Gasteiger partial charge in [0.05, 0.1) is 6.54 Å². The normalized spacial score (nSPS) is 12.7. The summed E-state index contributed by atoms with van der Waals surface area (Å²) in [7, 11) is -4.05. The number of aliphatic carboxylic acids is 1. The van der Waals surface area contributed by atoms with Gasteiger partial charge < -0.3 is 10.4 Å². The topological polar surface area (TPSA) is 113 Å². The summed E-state index contributed by atoms with van der Waals surface area (Å²) in [6, 6.07) is 9.11. The predicted octanol–water partition coefficient (Wildman–Crippen LogP) is -0.305. The molecule has 0 fully saturated rings. The van der Waals surface area contributed by atoms with Gasteiger partial charge in [-0.25, -0.2) is 13.1 Å². The quantitative estimate of drug-likeness (QED) is 0.639. The van der Waals surface area contributed by atoms with E-state index in [1.807, 2.05) is 35.1 Å². The maximum atomic E-state index is 11.5. The molecule has 1 amide bonds. The zero-order chi connectivity index (χ0) is 15.2. The monoisotopic (exact) mass is 300 g/mol. The zero-order valence-electron chi connectivity index (χ0n) is 10.9. The highest BCUT2D eigenvalue weighted by molar-refractivity contribution is 7.90. The fraction of sp³-hybridized carbons (Fsp3) is 0.333. The van der Waals surface area contributed by atoms with E-state index >= 15 is 0 Å². The average molecular weight is 300 g/mol. The standard InChI is InChI=1S/C12H16N2O5S/c1-9(12(16)17)20(18,19)14-8-11(15)13-7-10-5-3-2-4-6-10/h2-6,9,14H,7-8H2,1H3,(H,13,15)(H,16,17). The maximum Gasteiger partial charge on any atom is 0.323 e. The van der Waals surface area contributed by atoms with Crippen molar-refractivity contribution in [1.82, 2.24) is 10.0 Å². The highest BCUT2D eigenvalue weighted by Gasteiger charge is 2.27. The molecule has 0 saturated carbocycles. The van der Waals surface area contributed by atoms with E-state index in [0.29, 0.717) is 0 Å². The number of carbonyl (C=O) groups is 2. The largest absolute Gasteiger partial charge is 0.480 e. The van der Waals surface area contributed by atoms with Crippen LogP contribution in [0.4, 0.5) is 0 Å². The van der Waals surface area contributed by atoms with Crippen LogP contribution in [0.2, 0.25) is 0 Å². The molecule has 1 atom stereocenters. The maximum absolute atomic E-state index is 11.5. The third-order valence-corrected chi connectivity index (χ3v) is 4.26. The van der Waals surface area contributed by atoms with Crippen molar-refractivity contribution >= 4 is 21.9 Å². The Morgan fingerprint density at radius 2 is 1.85 bits per heavy atom. The lowest BCUT2D eigenvalue weighted by atomic mass is 10.2. The molecule has 8 heteroatoms. The molecule has 0 bridgehead atoms. The van der Waals surface area contributed by atoms with E-state index in [1.165, 1.54) is 0 Å². The summed E-state index contributed by atoms with van der Waals surface area (Å²) in [5.41, 5.74) is 0.877. The lowest BCUT2D eigenvalue weighted by Gasteiger charge is -2.10. The summed E-state index contributed by atoms with van der Waals surface area (Å²) in [6.07, 6.45) is 0. The van der Waals surface area contributed by atoms with Gasteiger partial charge in [-0.05, 0) is 12.5 Å². The van der Waals surface area contributed by atoms with Crippen LogP contribution < -0.4 is 10.0 Å². The number of carboxylic acids is 1. The molecule has 0 aromatic heterocycles. The van der Waals surface area contributed by atoms with Gasteiger partial charge >= 0.3 is 5.97 Å². The summed E-state index contributed by atoms with van der Waals surface area (Å²) in [6.45, 7) is 0.815. The Labute approximate surface area is 117 Å². The number of hydrogen-bond donors (Lipinski definition) is 3. The number of carboxylic acid groups (broad SMARTS) is 1. The van der Waals surface area contributed by atoms with Gasteiger partial charge in [-0.1, -0.05) is 30.3 Å². The first-order valence-corrected chi connectivity index (χ1v) is 7.39. The van der Waals surface area contributed by atoms with Crippen molar-refractivity contribution < 1.29 is 23.1 Å². The fourth-order valence-electron chi connectivity index (χ4n) is 1.28. The molecule has 1 unspecified atom stereocenters. The van der Waals surface area contributed by atoms with Crippen molar-refractivity contribution in [3.05, 3.63) is 35.9 Å². The summed E-state index contributed by atoms with van der Waals surface area (Å²) in [4.78, 5) is 22.1. The zero-order valence-corrected chi connectivity index (χ0v) is 11.7. The Bertz CT molecular complexity index is 571. The minimum absolute atomic E-state index is 0.274. The van der Waals surface area contributed by atoms with E-state index in [0.717, 1.165) is 12.5 Å². The molecule has 0 spiro atoms. The van der Waals surface area contributed by atoms with Crippen molar-refractivity contribution in [2.75, 3.05) is 6.54 Å². The van der Waals surface area contributed by atoms with Gasteiger partial charge in [-0.2, -0.15) is 0 Å². The van der Waals surface area contributed by atoms with Crippen LogP contribution in [0, 0.1) is 0 Å². The first-order chi connectivity index (χ1) is 9.33. The van der Waals surface area contributed by atoms with Crippen LogP contribution in [-0.4, -0.2) is 37.2 Å². The molecule has 1 aromatic rings. The molecule has 0 aliphatic carbocycles. The second kappa shape index (κ2) is 7.01. The SMILES string of the molecule is CC(C(=O)O)S(=O)(=O)NCC(=O)NCc1ccccc1. The average Bonchev–Trinajstić information content (AvgIpc) is 2.43. The van der Waals surface area contributed by atoms with E-state index in [-0.39, 0.29) is 6.54 Å². The summed E-state index contributed by atoms with van der Waals surface area (Å²) >= 11 is 0. The smallest absolute Gasteiger partial charge is 0.323 e. The van der Waals surface area contributed by atoms with Crippen LogP contribution >= 0.6 is 0 Å². The minimum atomic E-state index is -4.05. The molecule has 3 N–H and O–H groups in total.